The summed E-state index contributed by atoms with van der Waals surface area (Å²) in [7, 11) is 0. The molecule has 0 saturated carbocycles. The number of rotatable bonds is 6. The maximum absolute atomic E-state index is 12.3. The highest BCUT2D eigenvalue weighted by Crippen LogP contribution is 2.21. The number of para-hydroxylation sites is 2. The van der Waals surface area contributed by atoms with E-state index in [1.54, 1.807) is 60.7 Å². The van der Waals surface area contributed by atoms with Crippen molar-refractivity contribution in [3.8, 4) is 0 Å². The molecule has 150 valence electrons. The molecule has 0 aromatic heterocycles. The van der Waals surface area contributed by atoms with E-state index in [0.717, 1.165) is 11.1 Å². The molecule has 0 saturated heterocycles. The van der Waals surface area contributed by atoms with Crippen LogP contribution in [0.15, 0.2) is 84.9 Å². The molecule has 2 amide bonds. The molecule has 0 aliphatic rings. The van der Waals surface area contributed by atoms with Gasteiger partial charge in [-0.05, 0) is 59.7 Å². The SMILES string of the molecule is O=C(/C=C/c1ccc(Cl)cc1)Nc1ccccc1NC(=O)/C=C/c1ccc(Cl)cc1. The summed E-state index contributed by atoms with van der Waals surface area (Å²) in [5, 5.41) is 6.81. The smallest absolute Gasteiger partial charge is 0.248 e. The molecule has 0 atom stereocenters. The molecule has 0 fully saturated rings. The van der Waals surface area contributed by atoms with Gasteiger partial charge in [0.25, 0.3) is 0 Å². The number of halogens is 2. The van der Waals surface area contributed by atoms with Crippen molar-refractivity contribution < 1.29 is 9.59 Å². The molecule has 3 aromatic rings. The predicted molar refractivity (Wildman–Crippen MR) is 125 cm³/mol. The van der Waals surface area contributed by atoms with Crippen molar-refractivity contribution in [2.24, 2.45) is 0 Å². The average molecular weight is 437 g/mol. The molecule has 0 unspecified atom stereocenters. The molecule has 3 rings (SSSR count). The second kappa shape index (κ2) is 10.4. The Morgan fingerprint density at radius 1 is 0.600 bits per heavy atom. The molecule has 30 heavy (non-hydrogen) atoms. The van der Waals surface area contributed by atoms with Gasteiger partial charge < -0.3 is 10.6 Å². The van der Waals surface area contributed by atoms with Crippen molar-refractivity contribution in [1.82, 2.24) is 0 Å². The van der Waals surface area contributed by atoms with Gasteiger partial charge in [-0.3, -0.25) is 9.59 Å². The number of hydrogen-bond donors (Lipinski definition) is 2. The standard InChI is InChI=1S/C24H18Cl2N2O2/c25-19-11-5-17(6-12-19)9-15-23(29)27-21-3-1-2-4-22(21)28-24(30)16-10-18-7-13-20(26)14-8-18/h1-16H,(H,27,29)(H,28,30)/b15-9+,16-10+. The highest BCUT2D eigenvalue weighted by atomic mass is 35.5. The van der Waals surface area contributed by atoms with Crippen LogP contribution in [0, 0.1) is 0 Å². The molecule has 4 nitrogen and oxygen atoms in total. The molecular formula is C24H18Cl2N2O2. The summed E-state index contributed by atoms with van der Waals surface area (Å²) in [4.78, 5) is 24.5. The minimum absolute atomic E-state index is 0.316. The van der Waals surface area contributed by atoms with Gasteiger partial charge in [0.1, 0.15) is 0 Å². The number of amides is 2. The Hall–Kier alpha value is -3.34. The van der Waals surface area contributed by atoms with Crippen molar-refractivity contribution in [1.29, 1.82) is 0 Å². The fraction of sp³-hybridized carbons (Fsp3) is 0. The average Bonchev–Trinajstić information content (AvgIpc) is 2.74. The van der Waals surface area contributed by atoms with Gasteiger partial charge in [-0.25, -0.2) is 0 Å². The zero-order valence-electron chi connectivity index (χ0n) is 15.8. The van der Waals surface area contributed by atoms with Crippen LogP contribution in [0.2, 0.25) is 10.0 Å². The summed E-state index contributed by atoms with van der Waals surface area (Å²) >= 11 is 11.7. The number of benzene rings is 3. The van der Waals surface area contributed by atoms with E-state index in [2.05, 4.69) is 10.6 Å². The van der Waals surface area contributed by atoms with E-state index in [4.69, 9.17) is 23.2 Å². The largest absolute Gasteiger partial charge is 0.321 e. The first-order valence-electron chi connectivity index (χ1n) is 9.08. The molecule has 2 N–H and O–H groups in total. The van der Waals surface area contributed by atoms with Crippen LogP contribution in [-0.4, -0.2) is 11.8 Å². The molecule has 0 bridgehead atoms. The molecule has 0 spiro atoms. The quantitative estimate of drug-likeness (QED) is 0.445. The Morgan fingerprint density at radius 2 is 0.967 bits per heavy atom. The third kappa shape index (κ3) is 6.62. The second-order valence-electron chi connectivity index (χ2n) is 6.29. The lowest BCUT2D eigenvalue weighted by molar-refractivity contribution is -0.112. The molecule has 6 heteroatoms. The lowest BCUT2D eigenvalue weighted by Crippen LogP contribution is -2.13. The van der Waals surface area contributed by atoms with Crippen molar-refractivity contribution in [2.75, 3.05) is 10.6 Å². The zero-order chi connectivity index (χ0) is 21.3. The number of anilines is 2. The van der Waals surface area contributed by atoms with E-state index in [1.165, 1.54) is 12.2 Å². The Labute approximate surface area is 184 Å². The van der Waals surface area contributed by atoms with Crippen molar-refractivity contribution >= 4 is 58.5 Å². The Bertz CT molecular complexity index is 1000. The van der Waals surface area contributed by atoms with Crippen LogP contribution in [0.4, 0.5) is 11.4 Å². The van der Waals surface area contributed by atoms with E-state index < -0.39 is 0 Å². The zero-order valence-corrected chi connectivity index (χ0v) is 17.3. The highest BCUT2D eigenvalue weighted by molar-refractivity contribution is 6.30. The predicted octanol–water partition coefficient (Wildman–Crippen LogP) is 6.30. The molecule has 0 heterocycles. The van der Waals surface area contributed by atoms with Crippen molar-refractivity contribution in [2.45, 2.75) is 0 Å². The molecule has 3 aromatic carbocycles. The van der Waals surface area contributed by atoms with Gasteiger partial charge in [-0.2, -0.15) is 0 Å². The summed E-state index contributed by atoms with van der Waals surface area (Å²) in [5.74, 6) is -0.633. The molecule has 0 aliphatic heterocycles. The highest BCUT2D eigenvalue weighted by Gasteiger charge is 2.06. The van der Waals surface area contributed by atoms with Crippen LogP contribution >= 0.6 is 23.2 Å². The maximum Gasteiger partial charge on any atom is 0.248 e. The van der Waals surface area contributed by atoms with Gasteiger partial charge >= 0.3 is 0 Å². The minimum Gasteiger partial charge on any atom is -0.321 e. The fourth-order valence-corrected chi connectivity index (χ4v) is 2.79. The van der Waals surface area contributed by atoms with E-state index in [9.17, 15) is 9.59 Å². The first-order valence-corrected chi connectivity index (χ1v) is 9.83. The number of carbonyl (C=O) groups excluding carboxylic acids is 2. The molecular weight excluding hydrogens is 419 g/mol. The lowest BCUT2D eigenvalue weighted by atomic mass is 10.2. The number of nitrogens with one attached hydrogen (secondary N) is 2. The van der Waals surface area contributed by atoms with Crippen LogP contribution in [0.3, 0.4) is 0 Å². The van der Waals surface area contributed by atoms with Crippen LogP contribution in [0.5, 0.6) is 0 Å². The first kappa shape index (κ1) is 21.4. The summed E-state index contributed by atoms with van der Waals surface area (Å²) < 4.78 is 0. The monoisotopic (exact) mass is 436 g/mol. The van der Waals surface area contributed by atoms with Gasteiger partial charge in [-0.15, -0.1) is 0 Å². The van der Waals surface area contributed by atoms with Crippen LogP contribution in [-0.2, 0) is 9.59 Å². The van der Waals surface area contributed by atoms with Gasteiger partial charge in [0.15, 0.2) is 0 Å². The third-order valence-electron chi connectivity index (χ3n) is 4.04. The number of carbonyl (C=O) groups is 2. The summed E-state index contributed by atoms with van der Waals surface area (Å²) in [6.07, 6.45) is 6.20. The van der Waals surface area contributed by atoms with Crippen LogP contribution in [0.25, 0.3) is 12.2 Å². The van der Waals surface area contributed by atoms with E-state index in [-0.39, 0.29) is 11.8 Å². The molecule has 0 aliphatic carbocycles. The second-order valence-corrected chi connectivity index (χ2v) is 7.17. The summed E-state index contributed by atoms with van der Waals surface area (Å²) in [5.41, 5.74) is 2.69. The molecule has 0 radical (unpaired) electrons. The normalized spacial score (nSPS) is 11.0. The Balaban J connectivity index is 1.63. The van der Waals surface area contributed by atoms with Crippen molar-refractivity contribution in [3.63, 3.8) is 0 Å². The van der Waals surface area contributed by atoms with Gasteiger partial charge in [-0.1, -0.05) is 59.6 Å². The van der Waals surface area contributed by atoms with Crippen LogP contribution < -0.4 is 10.6 Å². The third-order valence-corrected chi connectivity index (χ3v) is 4.54. The maximum atomic E-state index is 12.3. The number of hydrogen-bond acceptors (Lipinski definition) is 2. The van der Waals surface area contributed by atoms with Gasteiger partial charge in [0, 0.05) is 22.2 Å². The summed E-state index contributed by atoms with van der Waals surface area (Å²) in [6, 6.07) is 21.2. The van der Waals surface area contributed by atoms with Gasteiger partial charge in [0.05, 0.1) is 11.4 Å². The van der Waals surface area contributed by atoms with E-state index >= 15 is 0 Å². The minimum atomic E-state index is -0.316. The fourth-order valence-electron chi connectivity index (χ4n) is 2.54. The summed E-state index contributed by atoms with van der Waals surface area (Å²) in [6.45, 7) is 0. The van der Waals surface area contributed by atoms with E-state index in [0.29, 0.717) is 21.4 Å². The van der Waals surface area contributed by atoms with E-state index in [1.807, 2.05) is 24.3 Å². The topological polar surface area (TPSA) is 58.2 Å². The first-order chi connectivity index (χ1) is 14.5. The van der Waals surface area contributed by atoms with Crippen molar-refractivity contribution in [3.05, 3.63) is 106 Å². The lowest BCUT2D eigenvalue weighted by Gasteiger charge is -2.10. The van der Waals surface area contributed by atoms with Crippen LogP contribution in [0.1, 0.15) is 11.1 Å². The Morgan fingerprint density at radius 3 is 1.33 bits per heavy atom. The van der Waals surface area contributed by atoms with Gasteiger partial charge in [0.2, 0.25) is 11.8 Å². The Kier molecular flexibility index (Phi) is 7.44.